The Morgan fingerprint density at radius 2 is 1.53 bits per heavy atom. The zero-order chi connectivity index (χ0) is 22.8. The number of nitrogens with zero attached hydrogens (tertiary/aromatic N) is 3. The molecule has 0 spiro atoms. The SMILES string of the molecule is CCNC(=NCc1ccc(CN2CCN(CC)CC2)cc1)Nc1ccc(OC)c(OC)c1. The first kappa shape index (κ1) is 23.9. The van der Waals surface area contributed by atoms with Gasteiger partial charge in [-0.1, -0.05) is 31.2 Å². The number of piperazine rings is 1. The fourth-order valence-corrected chi connectivity index (χ4v) is 3.80. The van der Waals surface area contributed by atoms with Crippen LogP contribution in [0.5, 0.6) is 11.5 Å². The lowest BCUT2D eigenvalue weighted by Gasteiger charge is -2.34. The second kappa shape index (κ2) is 12.3. The Morgan fingerprint density at radius 3 is 2.16 bits per heavy atom. The van der Waals surface area contributed by atoms with Crippen LogP contribution in [0.4, 0.5) is 5.69 Å². The number of anilines is 1. The normalized spacial score (nSPS) is 15.4. The van der Waals surface area contributed by atoms with E-state index in [0.29, 0.717) is 18.0 Å². The van der Waals surface area contributed by atoms with Crippen LogP contribution < -0.4 is 20.1 Å². The molecule has 0 radical (unpaired) electrons. The van der Waals surface area contributed by atoms with E-state index in [1.807, 2.05) is 18.2 Å². The average molecular weight is 440 g/mol. The first-order valence-electron chi connectivity index (χ1n) is 11.4. The Labute approximate surface area is 192 Å². The minimum Gasteiger partial charge on any atom is -0.493 e. The summed E-state index contributed by atoms with van der Waals surface area (Å²) >= 11 is 0. The van der Waals surface area contributed by atoms with E-state index in [9.17, 15) is 0 Å². The zero-order valence-corrected chi connectivity index (χ0v) is 19.9. The van der Waals surface area contributed by atoms with Gasteiger partial charge < -0.3 is 25.0 Å². The maximum Gasteiger partial charge on any atom is 0.196 e. The second-order valence-corrected chi connectivity index (χ2v) is 7.92. The highest BCUT2D eigenvalue weighted by Crippen LogP contribution is 2.29. The van der Waals surface area contributed by atoms with Gasteiger partial charge in [-0.3, -0.25) is 4.90 Å². The van der Waals surface area contributed by atoms with Crippen molar-refractivity contribution in [2.45, 2.75) is 26.9 Å². The third kappa shape index (κ3) is 6.87. The fraction of sp³-hybridized carbons (Fsp3) is 0.480. The molecular formula is C25H37N5O2. The van der Waals surface area contributed by atoms with Crippen LogP contribution in [0.2, 0.25) is 0 Å². The van der Waals surface area contributed by atoms with Gasteiger partial charge in [0.05, 0.1) is 20.8 Å². The molecule has 3 rings (SSSR count). The van der Waals surface area contributed by atoms with E-state index < -0.39 is 0 Å². The summed E-state index contributed by atoms with van der Waals surface area (Å²) in [6, 6.07) is 14.6. The van der Waals surface area contributed by atoms with Crippen molar-refractivity contribution in [3.63, 3.8) is 0 Å². The van der Waals surface area contributed by atoms with Crippen molar-refractivity contribution in [3.05, 3.63) is 53.6 Å². The maximum absolute atomic E-state index is 5.39. The smallest absolute Gasteiger partial charge is 0.196 e. The molecule has 32 heavy (non-hydrogen) atoms. The first-order chi connectivity index (χ1) is 15.6. The molecule has 174 valence electrons. The number of likely N-dealkylation sites (N-methyl/N-ethyl adjacent to an activating group) is 1. The van der Waals surface area contributed by atoms with Crippen molar-refractivity contribution in [2.24, 2.45) is 4.99 Å². The van der Waals surface area contributed by atoms with Gasteiger partial charge >= 0.3 is 0 Å². The van der Waals surface area contributed by atoms with Crippen LogP contribution in [0, 0.1) is 0 Å². The van der Waals surface area contributed by atoms with Gasteiger partial charge in [-0.15, -0.1) is 0 Å². The summed E-state index contributed by atoms with van der Waals surface area (Å²) in [5.41, 5.74) is 3.44. The van der Waals surface area contributed by atoms with Crippen LogP contribution in [0.1, 0.15) is 25.0 Å². The molecule has 1 fully saturated rings. The van der Waals surface area contributed by atoms with Crippen LogP contribution in [0.25, 0.3) is 0 Å². The molecule has 0 saturated carbocycles. The number of nitrogens with one attached hydrogen (secondary N) is 2. The Kier molecular flexibility index (Phi) is 9.19. The van der Waals surface area contributed by atoms with Gasteiger partial charge in [0, 0.05) is 51.0 Å². The lowest BCUT2D eigenvalue weighted by Crippen LogP contribution is -2.45. The molecule has 1 aliphatic heterocycles. The number of ether oxygens (including phenoxy) is 2. The summed E-state index contributed by atoms with van der Waals surface area (Å²) in [6.45, 7) is 12.5. The van der Waals surface area contributed by atoms with Crippen molar-refractivity contribution < 1.29 is 9.47 Å². The molecule has 0 bridgehead atoms. The van der Waals surface area contributed by atoms with Crippen LogP contribution in [0.15, 0.2) is 47.5 Å². The quantitative estimate of drug-likeness (QED) is 0.461. The lowest BCUT2D eigenvalue weighted by molar-refractivity contribution is 0.132. The van der Waals surface area contributed by atoms with Crippen molar-refractivity contribution >= 4 is 11.6 Å². The minimum absolute atomic E-state index is 0.609. The summed E-state index contributed by atoms with van der Waals surface area (Å²) in [5.74, 6) is 2.12. The molecule has 7 nitrogen and oxygen atoms in total. The van der Waals surface area contributed by atoms with Crippen LogP contribution in [-0.4, -0.2) is 69.2 Å². The van der Waals surface area contributed by atoms with Gasteiger partial charge in [0.2, 0.25) is 0 Å². The molecule has 0 aromatic heterocycles. The summed E-state index contributed by atoms with van der Waals surface area (Å²) in [7, 11) is 3.27. The first-order valence-corrected chi connectivity index (χ1v) is 11.4. The lowest BCUT2D eigenvalue weighted by atomic mass is 10.1. The predicted octanol–water partition coefficient (Wildman–Crippen LogP) is 3.42. The fourth-order valence-electron chi connectivity index (χ4n) is 3.80. The van der Waals surface area contributed by atoms with E-state index in [1.165, 1.54) is 24.2 Å². The molecule has 1 aliphatic rings. The molecule has 0 aliphatic carbocycles. The number of hydrogen-bond donors (Lipinski definition) is 2. The second-order valence-electron chi connectivity index (χ2n) is 7.92. The van der Waals surface area contributed by atoms with Crippen LogP contribution in [-0.2, 0) is 13.1 Å². The van der Waals surface area contributed by atoms with Crippen molar-refractivity contribution in [1.29, 1.82) is 0 Å². The Bertz CT molecular complexity index is 861. The van der Waals surface area contributed by atoms with Crippen molar-refractivity contribution in [1.82, 2.24) is 15.1 Å². The zero-order valence-electron chi connectivity index (χ0n) is 19.9. The molecule has 1 heterocycles. The van der Waals surface area contributed by atoms with Crippen molar-refractivity contribution in [2.75, 3.05) is 58.8 Å². The van der Waals surface area contributed by atoms with Gasteiger partial charge in [-0.05, 0) is 36.7 Å². The molecule has 1 saturated heterocycles. The Morgan fingerprint density at radius 1 is 0.875 bits per heavy atom. The van der Waals surface area contributed by atoms with E-state index in [1.54, 1.807) is 14.2 Å². The van der Waals surface area contributed by atoms with E-state index in [0.717, 1.165) is 44.4 Å². The predicted molar refractivity (Wildman–Crippen MR) is 132 cm³/mol. The summed E-state index contributed by atoms with van der Waals surface area (Å²) in [5, 5.41) is 6.64. The highest BCUT2D eigenvalue weighted by atomic mass is 16.5. The number of hydrogen-bond acceptors (Lipinski definition) is 5. The Balaban J connectivity index is 1.58. The molecule has 0 amide bonds. The van der Waals surface area contributed by atoms with Crippen LogP contribution >= 0.6 is 0 Å². The molecular weight excluding hydrogens is 402 g/mol. The van der Waals surface area contributed by atoms with E-state index in [4.69, 9.17) is 14.5 Å². The van der Waals surface area contributed by atoms with Crippen LogP contribution in [0.3, 0.4) is 0 Å². The monoisotopic (exact) mass is 439 g/mol. The van der Waals surface area contributed by atoms with Gasteiger partial charge in [-0.2, -0.15) is 0 Å². The Hall–Kier alpha value is -2.77. The van der Waals surface area contributed by atoms with Crippen molar-refractivity contribution in [3.8, 4) is 11.5 Å². The number of rotatable bonds is 9. The average Bonchev–Trinajstić information content (AvgIpc) is 2.84. The van der Waals surface area contributed by atoms with E-state index >= 15 is 0 Å². The van der Waals surface area contributed by atoms with E-state index in [-0.39, 0.29) is 0 Å². The number of guanidine groups is 1. The largest absolute Gasteiger partial charge is 0.493 e. The summed E-state index contributed by atoms with van der Waals surface area (Å²) < 4.78 is 10.7. The standard InChI is InChI=1S/C25H37N5O2/c1-5-26-25(28-22-11-12-23(31-3)24(17-22)32-4)27-18-20-7-9-21(10-8-20)19-30-15-13-29(6-2)14-16-30/h7-12,17H,5-6,13-16,18-19H2,1-4H3,(H2,26,27,28). The van der Waals surface area contributed by atoms with Gasteiger partial charge in [0.25, 0.3) is 0 Å². The molecule has 0 atom stereocenters. The number of aliphatic imine (C=N–C) groups is 1. The van der Waals surface area contributed by atoms with Gasteiger partial charge in [0.15, 0.2) is 17.5 Å². The highest BCUT2D eigenvalue weighted by Gasteiger charge is 2.15. The summed E-state index contributed by atoms with van der Waals surface area (Å²) in [6.07, 6.45) is 0. The molecule has 2 aromatic carbocycles. The minimum atomic E-state index is 0.609. The highest BCUT2D eigenvalue weighted by molar-refractivity contribution is 5.93. The van der Waals surface area contributed by atoms with E-state index in [2.05, 4.69) is 58.5 Å². The maximum atomic E-state index is 5.39. The van der Waals surface area contributed by atoms with Gasteiger partial charge in [-0.25, -0.2) is 4.99 Å². The third-order valence-electron chi connectivity index (χ3n) is 5.75. The molecule has 7 heteroatoms. The third-order valence-corrected chi connectivity index (χ3v) is 5.75. The number of benzene rings is 2. The van der Waals surface area contributed by atoms with Gasteiger partial charge in [0.1, 0.15) is 0 Å². The number of methoxy groups -OCH3 is 2. The molecule has 0 unspecified atom stereocenters. The molecule has 2 N–H and O–H groups in total. The molecule has 2 aromatic rings. The summed E-state index contributed by atoms with van der Waals surface area (Å²) in [4.78, 5) is 9.79. The topological polar surface area (TPSA) is 61.4 Å².